The van der Waals surface area contributed by atoms with Gasteiger partial charge in [0, 0.05) is 29.8 Å². The third-order valence-electron chi connectivity index (χ3n) is 5.24. The summed E-state index contributed by atoms with van der Waals surface area (Å²) in [5.41, 5.74) is 4.50. The lowest BCUT2D eigenvalue weighted by Gasteiger charge is -2.12. The second kappa shape index (κ2) is 9.84. The molecule has 0 aliphatic heterocycles. The van der Waals surface area contributed by atoms with Crippen molar-refractivity contribution < 1.29 is 17.9 Å². The number of methoxy groups -OCH3 is 1. The first-order valence-corrected chi connectivity index (χ1v) is 12.4. The van der Waals surface area contributed by atoms with Crippen molar-refractivity contribution in [1.29, 1.82) is 0 Å². The molecule has 34 heavy (non-hydrogen) atoms. The second-order valence-corrected chi connectivity index (χ2v) is 9.66. The van der Waals surface area contributed by atoms with Crippen LogP contribution in [0.15, 0.2) is 90.1 Å². The number of carbonyl (C=O) groups is 1. The molecule has 172 valence electrons. The fourth-order valence-corrected chi connectivity index (χ4v) is 4.17. The fraction of sp³-hybridized carbons (Fsp3) is 0.115. The van der Waals surface area contributed by atoms with E-state index in [-0.39, 0.29) is 22.9 Å². The Bertz CT molecular complexity index is 1440. The van der Waals surface area contributed by atoms with E-state index in [2.05, 4.69) is 15.3 Å². The summed E-state index contributed by atoms with van der Waals surface area (Å²) in [6.07, 6.45) is 4.53. The van der Waals surface area contributed by atoms with Crippen LogP contribution in [0, 0.1) is 0 Å². The zero-order valence-electron chi connectivity index (χ0n) is 18.7. The van der Waals surface area contributed by atoms with Crippen LogP contribution in [0.4, 0.5) is 0 Å². The van der Waals surface area contributed by atoms with Crippen LogP contribution in [0.2, 0.25) is 0 Å². The standard InChI is InChI=1S/C26H23N3O4S/c1-33-25-10-9-18(16-23(25)24-8-3-4-12-28-24)19-11-13-27-21(14-19)17-29-26(30)20-6-5-7-22(15-20)34(2,31)32/h3-16H,17H2,1-2H3,(H,29,30). The lowest BCUT2D eigenvalue weighted by molar-refractivity contribution is 0.0950. The van der Waals surface area contributed by atoms with E-state index in [1.54, 1.807) is 31.6 Å². The first-order chi connectivity index (χ1) is 16.3. The Morgan fingerprint density at radius 2 is 1.74 bits per heavy atom. The van der Waals surface area contributed by atoms with Crippen molar-refractivity contribution in [3.63, 3.8) is 0 Å². The quantitative estimate of drug-likeness (QED) is 0.433. The van der Waals surface area contributed by atoms with Crippen molar-refractivity contribution in [2.75, 3.05) is 13.4 Å². The monoisotopic (exact) mass is 473 g/mol. The topological polar surface area (TPSA) is 98.2 Å². The van der Waals surface area contributed by atoms with E-state index in [1.807, 2.05) is 48.5 Å². The van der Waals surface area contributed by atoms with Gasteiger partial charge in [-0.3, -0.25) is 14.8 Å². The number of rotatable bonds is 7. The number of nitrogens with one attached hydrogen (secondary N) is 1. The van der Waals surface area contributed by atoms with E-state index in [0.29, 0.717) is 5.69 Å². The molecular weight excluding hydrogens is 450 g/mol. The lowest BCUT2D eigenvalue weighted by atomic mass is 10.0. The third-order valence-corrected chi connectivity index (χ3v) is 6.35. The molecule has 1 amide bonds. The minimum absolute atomic E-state index is 0.100. The maximum atomic E-state index is 12.6. The predicted molar refractivity (Wildman–Crippen MR) is 130 cm³/mol. The van der Waals surface area contributed by atoms with Crippen LogP contribution < -0.4 is 10.1 Å². The number of hydrogen-bond acceptors (Lipinski definition) is 6. The molecule has 0 bridgehead atoms. The maximum Gasteiger partial charge on any atom is 0.251 e. The van der Waals surface area contributed by atoms with Gasteiger partial charge in [-0.25, -0.2) is 8.42 Å². The van der Waals surface area contributed by atoms with Crippen molar-refractivity contribution in [3.05, 3.63) is 96.4 Å². The Hall–Kier alpha value is -4.04. The molecule has 1 N–H and O–H groups in total. The SMILES string of the molecule is COc1ccc(-c2ccnc(CNC(=O)c3cccc(S(C)(=O)=O)c3)c2)cc1-c1ccccn1. The Kier molecular flexibility index (Phi) is 6.70. The Labute approximate surface area is 198 Å². The van der Waals surface area contributed by atoms with Gasteiger partial charge in [-0.2, -0.15) is 0 Å². The summed E-state index contributed by atoms with van der Waals surface area (Å²) in [7, 11) is -1.77. The van der Waals surface area contributed by atoms with Crippen LogP contribution in [0.25, 0.3) is 22.4 Å². The van der Waals surface area contributed by atoms with Crippen molar-refractivity contribution in [2.24, 2.45) is 0 Å². The largest absolute Gasteiger partial charge is 0.496 e. The van der Waals surface area contributed by atoms with E-state index in [1.165, 1.54) is 12.1 Å². The molecule has 4 rings (SSSR count). The van der Waals surface area contributed by atoms with Gasteiger partial charge in [-0.15, -0.1) is 0 Å². The number of sulfone groups is 1. The molecule has 0 aliphatic carbocycles. The Morgan fingerprint density at radius 1 is 0.912 bits per heavy atom. The second-order valence-electron chi connectivity index (χ2n) is 7.65. The van der Waals surface area contributed by atoms with Crippen molar-refractivity contribution in [3.8, 4) is 28.1 Å². The first kappa shape index (κ1) is 23.1. The van der Waals surface area contributed by atoms with Crippen molar-refractivity contribution in [1.82, 2.24) is 15.3 Å². The molecule has 2 aromatic heterocycles. The van der Waals surface area contributed by atoms with Gasteiger partial charge in [0.1, 0.15) is 5.75 Å². The van der Waals surface area contributed by atoms with E-state index >= 15 is 0 Å². The summed E-state index contributed by atoms with van der Waals surface area (Å²) in [5, 5.41) is 2.80. The molecule has 0 spiro atoms. The van der Waals surface area contributed by atoms with Crippen LogP contribution in [0.5, 0.6) is 5.75 Å². The number of hydrogen-bond donors (Lipinski definition) is 1. The van der Waals surface area contributed by atoms with Gasteiger partial charge in [-0.1, -0.05) is 18.2 Å². The number of amides is 1. The highest BCUT2D eigenvalue weighted by atomic mass is 32.2. The van der Waals surface area contributed by atoms with Gasteiger partial charge in [-0.05, 0) is 65.7 Å². The van der Waals surface area contributed by atoms with Crippen LogP contribution in [-0.2, 0) is 16.4 Å². The van der Waals surface area contributed by atoms with Crippen LogP contribution in [0.3, 0.4) is 0 Å². The molecule has 0 aliphatic rings. The van der Waals surface area contributed by atoms with Gasteiger partial charge in [0.2, 0.25) is 0 Å². The first-order valence-electron chi connectivity index (χ1n) is 10.5. The summed E-state index contributed by atoms with van der Waals surface area (Å²) < 4.78 is 29.0. The summed E-state index contributed by atoms with van der Waals surface area (Å²) in [6, 6.07) is 21.3. The summed E-state index contributed by atoms with van der Waals surface area (Å²) in [6.45, 7) is 0.193. The van der Waals surface area contributed by atoms with Crippen molar-refractivity contribution >= 4 is 15.7 Å². The smallest absolute Gasteiger partial charge is 0.251 e. The number of nitrogens with zero attached hydrogens (tertiary/aromatic N) is 2. The predicted octanol–water partition coefficient (Wildman–Crippen LogP) is 4.15. The van der Waals surface area contributed by atoms with E-state index in [9.17, 15) is 13.2 Å². The molecule has 4 aromatic rings. The molecular formula is C26H23N3O4S. The van der Waals surface area contributed by atoms with Crippen LogP contribution in [0.1, 0.15) is 16.1 Å². The minimum atomic E-state index is -3.40. The molecule has 0 atom stereocenters. The number of carbonyl (C=O) groups excluding carboxylic acids is 1. The number of pyridine rings is 2. The molecule has 8 heteroatoms. The average molecular weight is 474 g/mol. The average Bonchev–Trinajstić information content (AvgIpc) is 2.87. The highest BCUT2D eigenvalue weighted by Crippen LogP contribution is 2.33. The summed E-state index contributed by atoms with van der Waals surface area (Å²) in [5.74, 6) is 0.347. The lowest BCUT2D eigenvalue weighted by Crippen LogP contribution is -2.23. The van der Waals surface area contributed by atoms with E-state index in [0.717, 1.165) is 34.4 Å². The molecule has 2 heterocycles. The van der Waals surface area contributed by atoms with Crippen molar-refractivity contribution in [2.45, 2.75) is 11.4 Å². The molecule has 0 saturated carbocycles. The van der Waals surface area contributed by atoms with Gasteiger partial charge in [0.05, 0.1) is 29.9 Å². The normalized spacial score (nSPS) is 11.1. The summed E-state index contributed by atoms with van der Waals surface area (Å²) >= 11 is 0. The van der Waals surface area contributed by atoms with Gasteiger partial charge >= 0.3 is 0 Å². The highest BCUT2D eigenvalue weighted by molar-refractivity contribution is 7.90. The molecule has 0 radical (unpaired) electrons. The molecule has 0 unspecified atom stereocenters. The highest BCUT2D eigenvalue weighted by Gasteiger charge is 2.13. The Balaban J connectivity index is 1.55. The number of ether oxygens (including phenoxy) is 1. The van der Waals surface area contributed by atoms with E-state index in [4.69, 9.17) is 4.74 Å². The Morgan fingerprint density at radius 3 is 2.47 bits per heavy atom. The zero-order valence-corrected chi connectivity index (χ0v) is 19.5. The molecule has 0 saturated heterocycles. The molecule has 2 aromatic carbocycles. The zero-order chi connectivity index (χ0) is 24.1. The third kappa shape index (κ3) is 5.29. The number of benzene rings is 2. The van der Waals surface area contributed by atoms with Gasteiger partial charge < -0.3 is 10.1 Å². The fourth-order valence-electron chi connectivity index (χ4n) is 3.51. The summed E-state index contributed by atoms with van der Waals surface area (Å²) in [4.78, 5) is 21.5. The van der Waals surface area contributed by atoms with Gasteiger partial charge in [0.25, 0.3) is 5.91 Å². The van der Waals surface area contributed by atoms with Gasteiger partial charge in [0.15, 0.2) is 9.84 Å². The van der Waals surface area contributed by atoms with Crippen LogP contribution >= 0.6 is 0 Å². The molecule has 0 fully saturated rings. The van der Waals surface area contributed by atoms with Crippen LogP contribution in [-0.4, -0.2) is 37.7 Å². The maximum absolute atomic E-state index is 12.6. The number of aromatic nitrogens is 2. The molecule has 7 nitrogen and oxygen atoms in total. The minimum Gasteiger partial charge on any atom is -0.496 e. The van der Waals surface area contributed by atoms with E-state index < -0.39 is 9.84 Å².